The Bertz CT molecular complexity index is 762. The second-order valence-electron chi connectivity index (χ2n) is 5.49. The molecule has 0 spiro atoms. The predicted octanol–water partition coefficient (Wildman–Crippen LogP) is 4.72. The third-order valence-corrected chi connectivity index (χ3v) is 3.69. The summed E-state index contributed by atoms with van der Waals surface area (Å²) < 4.78 is 11.7. The first kappa shape index (κ1) is 15.2. The molecule has 0 atom stereocenters. The van der Waals surface area contributed by atoms with E-state index in [2.05, 4.69) is 9.88 Å². The highest BCUT2D eigenvalue weighted by atomic mass is 16.5. The molecule has 0 bridgehead atoms. The molecule has 23 heavy (non-hydrogen) atoms. The highest BCUT2D eigenvalue weighted by Crippen LogP contribution is 2.32. The maximum atomic E-state index is 6.00. The molecule has 0 saturated heterocycles. The lowest BCUT2D eigenvalue weighted by Crippen LogP contribution is -2.17. The molecular formula is C19H20N2O2. The van der Waals surface area contributed by atoms with Gasteiger partial charge >= 0.3 is 0 Å². The molecule has 4 nitrogen and oxygen atoms in total. The second kappa shape index (κ2) is 6.57. The lowest BCUT2D eigenvalue weighted by Gasteiger charge is -2.20. The van der Waals surface area contributed by atoms with E-state index in [9.17, 15) is 0 Å². The maximum Gasteiger partial charge on any atom is 0.214 e. The van der Waals surface area contributed by atoms with Crippen LogP contribution in [0.15, 0.2) is 59.0 Å². The van der Waals surface area contributed by atoms with Gasteiger partial charge in [-0.15, -0.1) is 0 Å². The van der Waals surface area contributed by atoms with Crippen molar-refractivity contribution in [3.05, 3.63) is 71.9 Å². The highest BCUT2D eigenvalue weighted by molar-refractivity contribution is 5.59. The van der Waals surface area contributed by atoms with Gasteiger partial charge < -0.3 is 14.1 Å². The number of para-hydroxylation sites is 3. The van der Waals surface area contributed by atoms with Crippen LogP contribution in [0.1, 0.15) is 17.3 Å². The molecule has 0 aliphatic heterocycles. The van der Waals surface area contributed by atoms with Gasteiger partial charge in [0.15, 0.2) is 5.75 Å². The van der Waals surface area contributed by atoms with Gasteiger partial charge in [-0.25, -0.2) is 4.98 Å². The van der Waals surface area contributed by atoms with E-state index in [0.717, 1.165) is 28.6 Å². The van der Waals surface area contributed by atoms with E-state index in [1.165, 1.54) is 0 Å². The average molecular weight is 308 g/mol. The summed E-state index contributed by atoms with van der Waals surface area (Å²) in [5.74, 6) is 3.19. The van der Waals surface area contributed by atoms with E-state index in [4.69, 9.17) is 9.15 Å². The summed E-state index contributed by atoms with van der Waals surface area (Å²) in [6.45, 7) is 4.47. The molecule has 0 N–H and O–H groups in total. The molecule has 2 aromatic carbocycles. The molecule has 0 aliphatic carbocycles. The third-order valence-electron chi connectivity index (χ3n) is 3.69. The minimum atomic E-state index is 0.587. The Balaban J connectivity index is 1.81. The number of aromatic nitrogens is 1. The number of ether oxygens (including phenoxy) is 1. The Morgan fingerprint density at radius 2 is 1.70 bits per heavy atom. The van der Waals surface area contributed by atoms with Gasteiger partial charge in [-0.2, -0.15) is 0 Å². The van der Waals surface area contributed by atoms with Gasteiger partial charge in [-0.1, -0.05) is 30.3 Å². The topological polar surface area (TPSA) is 38.5 Å². The number of benzene rings is 2. The fraction of sp³-hybridized carbons (Fsp3) is 0.211. The fourth-order valence-electron chi connectivity index (χ4n) is 2.37. The van der Waals surface area contributed by atoms with Gasteiger partial charge in [0.1, 0.15) is 11.5 Å². The Morgan fingerprint density at radius 1 is 1.00 bits per heavy atom. The molecule has 118 valence electrons. The summed E-state index contributed by atoms with van der Waals surface area (Å²) >= 11 is 0. The van der Waals surface area contributed by atoms with Crippen LogP contribution in [0, 0.1) is 13.8 Å². The predicted molar refractivity (Wildman–Crippen MR) is 91.0 cm³/mol. The van der Waals surface area contributed by atoms with Crippen LogP contribution < -0.4 is 9.64 Å². The average Bonchev–Trinajstić information content (AvgIpc) is 2.86. The number of rotatable bonds is 5. The largest absolute Gasteiger partial charge is 0.455 e. The fourth-order valence-corrected chi connectivity index (χ4v) is 2.37. The molecule has 0 saturated carbocycles. The number of hydrogen-bond donors (Lipinski definition) is 0. The highest BCUT2D eigenvalue weighted by Gasteiger charge is 2.13. The summed E-state index contributed by atoms with van der Waals surface area (Å²) in [6, 6.07) is 17.7. The zero-order chi connectivity index (χ0) is 16.2. The van der Waals surface area contributed by atoms with Crippen molar-refractivity contribution >= 4 is 5.69 Å². The van der Waals surface area contributed by atoms with Crippen LogP contribution in [-0.4, -0.2) is 12.0 Å². The normalized spacial score (nSPS) is 10.6. The van der Waals surface area contributed by atoms with Gasteiger partial charge in [-0.05, 0) is 38.1 Å². The zero-order valence-electron chi connectivity index (χ0n) is 13.6. The summed E-state index contributed by atoms with van der Waals surface area (Å²) in [7, 11) is 2.00. The number of hydrogen-bond acceptors (Lipinski definition) is 4. The Hall–Kier alpha value is -2.75. The minimum Gasteiger partial charge on any atom is -0.455 e. The van der Waals surface area contributed by atoms with Crippen molar-refractivity contribution in [1.29, 1.82) is 0 Å². The van der Waals surface area contributed by atoms with E-state index in [1.807, 2.05) is 75.5 Å². The van der Waals surface area contributed by atoms with Crippen LogP contribution in [0.5, 0.6) is 11.5 Å². The molecular weight excluding hydrogens is 288 g/mol. The monoisotopic (exact) mass is 308 g/mol. The van der Waals surface area contributed by atoms with E-state index in [-0.39, 0.29) is 0 Å². The molecule has 0 unspecified atom stereocenters. The van der Waals surface area contributed by atoms with Crippen molar-refractivity contribution in [2.24, 2.45) is 0 Å². The van der Waals surface area contributed by atoms with Crippen LogP contribution in [-0.2, 0) is 6.54 Å². The van der Waals surface area contributed by atoms with Gasteiger partial charge in [0, 0.05) is 7.05 Å². The van der Waals surface area contributed by atoms with E-state index < -0.39 is 0 Å². The molecule has 4 heteroatoms. The molecule has 3 aromatic rings. The van der Waals surface area contributed by atoms with Crippen molar-refractivity contribution in [2.75, 3.05) is 11.9 Å². The minimum absolute atomic E-state index is 0.587. The molecule has 1 heterocycles. The van der Waals surface area contributed by atoms with E-state index in [0.29, 0.717) is 12.4 Å². The lowest BCUT2D eigenvalue weighted by atomic mass is 10.2. The van der Waals surface area contributed by atoms with Crippen LogP contribution in [0.4, 0.5) is 5.69 Å². The number of anilines is 1. The first-order valence-corrected chi connectivity index (χ1v) is 7.59. The van der Waals surface area contributed by atoms with Crippen molar-refractivity contribution in [1.82, 2.24) is 4.98 Å². The lowest BCUT2D eigenvalue weighted by molar-refractivity contribution is 0.463. The van der Waals surface area contributed by atoms with Gasteiger partial charge in [0.2, 0.25) is 5.89 Å². The van der Waals surface area contributed by atoms with Crippen LogP contribution >= 0.6 is 0 Å². The Labute approximate surface area is 136 Å². The molecule has 3 rings (SSSR count). The number of nitrogens with zero attached hydrogens (tertiary/aromatic N) is 2. The van der Waals surface area contributed by atoms with Crippen LogP contribution in [0.2, 0.25) is 0 Å². The van der Waals surface area contributed by atoms with E-state index >= 15 is 0 Å². The summed E-state index contributed by atoms with van der Waals surface area (Å²) in [5.41, 5.74) is 1.92. The molecule has 0 radical (unpaired) electrons. The summed E-state index contributed by atoms with van der Waals surface area (Å²) in [5, 5.41) is 0. The molecule has 1 aromatic heterocycles. The van der Waals surface area contributed by atoms with Crippen molar-refractivity contribution in [3.63, 3.8) is 0 Å². The van der Waals surface area contributed by atoms with Gasteiger partial charge in [-0.3, -0.25) is 0 Å². The summed E-state index contributed by atoms with van der Waals surface area (Å²) in [6.07, 6.45) is 0. The molecule has 0 fully saturated rings. The van der Waals surface area contributed by atoms with E-state index in [1.54, 1.807) is 0 Å². The van der Waals surface area contributed by atoms with Crippen molar-refractivity contribution in [2.45, 2.75) is 20.4 Å². The Kier molecular flexibility index (Phi) is 4.33. The first-order valence-electron chi connectivity index (χ1n) is 7.59. The van der Waals surface area contributed by atoms with Crippen LogP contribution in [0.25, 0.3) is 0 Å². The van der Waals surface area contributed by atoms with Crippen LogP contribution in [0.3, 0.4) is 0 Å². The number of aryl methyl sites for hydroxylation is 2. The molecule has 0 amide bonds. The number of oxazole rings is 1. The van der Waals surface area contributed by atoms with Gasteiger partial charge in [0.05, 0.1) is 17.9 Å². The molecule has 0 aliphatic rings. The van der Waals surface area contributed by atoms with Crippen molar-refractivity contribution < 1.29 is 9.15 Å². The van der Waals surface area contributed by atoms with Gasteiger partial charge in [0.25, 0.3) is 0 Å². The van der Waals surface area contributed by atoms with Crippen molar-refractivity contribution in [3.8, 4) is 11.5 Å². The Morgan fingerprint density at radius 3 is 2.39 bits per heavy atom. The smallest absolute Gasteiger partial charge is 0.214 e. The zero-order valence-corrected chi connectivity index (χ0v) is 13.6. The third kappa shape index (κ3) is 3.54. The first-order chi connectivity index (χ1) is 11.1. The second-order valence-corrected chi connectivity index (χ2v) is 5.49. The quantitative estimate of drug-likeness (QED) is 0.683. The SMILES string of the molecule is Cc1nc(CN(C)c2ccccc2Oc2ccccc2)oc1C. The standard InChI is InChI=1S/C19H20N2O2/c1-14-15(2)22-19(20-14)13-21(3)17-11-7-8-12-18(17)23-16-9-5-4-6-10-16/h4-12H,13H2,1-3H3. The summed E-state index contributed by atoms with van der Waals surface area (Å²) in [4.78, 5) is 6.51. The maximum absolute atomic E-state index is 6.00.